The third-order valence-corrected chi connectivity index (χ3v) is 5.22. The van der Waals surface area contributed by atoms with Crippen molar-refractivity contribution in [3.63, 3.8) is 0 Å². The Morgan fingerprint density at radius 1 is 0.870 bits per heavy atom. The summed E-state index contributed by atoms with van der Waals surface area (Å²) in [6.07, 6.45) is 0. The summed E-state index contributed by atoms with van der Waals surface area (Å²) in [7, 11) is 0. The maximum absolute atomic E-state index is 6.19. The topological polar surface area (TPSA) is 12.0 Å². The van der Waals surface area contributed by atoms with Crippen LogP contribution >= 0.6 is 23.4 Å². The summed E-state index contributed by atoms with van der Waals surface area (Å²) in [6.45, 7) is 2.81. The van der Waals surface area contributed by atoms with Crippen LogP contribution in [0.4, 0.5) is 5.69 Å². The Kier molecular flexibility index (Phi) is 5.27. The van der Waals surface area contributed by atoms with E-state index in [-0.39, 0.29) is 0 Å². The minimum atomic E-state index is 0.775. The van der Waals surface area contributed by atoms with Gasteiger partial charge < -0.3 is 5.32 Å². The van der Waals surface area contributed by atoms with Crippen molar-refractivity contribution in [2.75, 3.05) is 5.32 Å². The zero-order valence-corrected chi connectivity index (χ0v) is 14.5. The fourth-order valence-electron chi connectivity index (χ4n) is 2.35. The highest BCUT2D eigenvalue weighted by Crippen LogP contribution is 2.31. The molecular formula is C20H18ClNS. The first-order valence-electron chi connectivity index (χ1n) is 7.54. The summed E-state index contributed by atoms with van der Waals surface area (Å²) < 4.78 is 0. The molecular weight excluding hydrogens is 322 g/mol. The van der Waals surface area contributed by atoms with Gasteiger partial charge in [-0.15, -0.1) is 0 Å². The number of rotatable bonds is 5. The highest BCUT2D eigenvalue weighted by atomic mass is 35.5. The van der Waals surface area contributed by atoms with Crippen molar-refractivity contribution in [2.24, 2.45) is 0 Å². The molecule has 0 aliphatic carbocycles. The van der Waals surface area contributed by atoms with Gasteiger partial charge >= 0.3 is 0 Å². The van der Waals surface area contributed by atoms with E-state index in [0.29, 0.717) is 0 Å². The molecule has 23 heavy (non-hydrogen) atoms. The van der Waals surface area contributed by atoms with Crippen LogP contribution in [0.3, 0.4) is 0 Å². The summed E-state index contributed by atoms with van der Waals surface area (Å²) in [6, 6.07) is 24.9. The Morgan fingerprint density at radius 3 is 2.43 bits per heavy atom. The van der Waals surface area contributed by atoms with Crippen LogP contribution in [-0.4, -0.2) is 0 Å². The minimum Gasteiger partial charge on any atom is -0.381 e. The molecule has 0 radical (unpaired) electrons. The average molecular weight is 340 g/mol. The van der Waals surface area contributed by atoms with Gasteiger partial charge in [0, 0.05) is 27.0 Å². The summed E-state index contributed by atoms with van der Waals surface area (Å²) in [5.41, 5.74) is 3.44. The fraction of sp³-hybridized carbons (Fsp3) is 0.100. The lowest BCUT2D eigenvalue weighted by Crippen LogP contribution is -2.02. The largest absolute Gasteiger partial charge is 0.381 e. The van der Waals surface area contributed by atoms with Gasteiger partial charge in [-0.05, 0) is 48.4 Å². The van der Waals surface area contributed by atoms with Crippen molar-refractivity contribution in [1.29, 1.82) is 0 Å². The zero-order valence-electron chi connectivity index (χ0n) is 12.9. The average Bonchev–Trinajstić information content (AvgIpc) is 2.58. The van der Waals surface area contributed by atoms with Gasteiger partial charge in [-0.25, -0.2) is 0 Å². The molecule has 0 amide bonds. The first kappa shape index (κ1) is 16.0. The van der Waals surface area contributed by atoms with E-state index in [1.165, 1.54) is 15.4 Å². The number of hydrogen-bond acceptors (Lipinski definition) is 2. The molecule has 3 heteroatoms. The van der Waals surface area contributed by atoms with Crippen molar-refractivity contribution in [3.05, 3.63) is 88.9 Å². The Morgan fingerprint density at radius 2 is 1.61 bits per heavy atom. The normalized spacial score (nSPS) is 10.5. The standard InChI is InChI=1S/C20H18ClNS/c1-15-18(21)11-7-12-19(15)22-14-16-8-5-6-13-20(16)23-17-9-3-2-4-10-17/h2-13,22H,14H2,1H3. The number of halogens is 1. The van der Waals surface area contributed by atoms with Crippen molar-refractivity contribution in [1.82, 2.24) is 0 Å². The van der Waals surface area contributed by atoms with E-state index >= 15 is 0 Å². The molecule has 116 valence electrons. The van der Waals surface area contributed by atoms with Crippen molar-refractivity contribution < 1.29 is 0 Å². The van der Waals surface area contributed by atoms with Crippen LogP contribution in [0.5, 0.6) is 0 Å². The van der Waals surface area contributed by atoms with E-state index in [4.69, 9.17) is 11.6 Å². The van der Waals surface area contributed by atoms with Crippen LogP contribution in [0, 0.1) is 6.92 Å². The highest BCUT2D eigenvalue weighted by Gasteiger charge is 2.06. The van der Waals surface area contributed by atoms with Crippen molar-refractivity contribution in [3.8, 4) is 0 Å². The molecule has 3 aromatic carbocycles. The molecule has 3 aromatic rings. The second-order valence-corrected chi connectivity index (χ2v) is 6.81. The first-order chi connectivity index (χ1) is 11.2. The lowest BCUT2D eigenvalue weighted by Gasteiger charge is -2.13. The molecule has 3 rings (SSSR count). The number of nitrogens with one attached hydrogen (secondary N) is 1. The van der Waals surface area contributed by atoms with Crippen LogP contribution < -0.4 is 5.32 Å². The predicted molar refractivity (Wildman–Crippen MR) is 101 cm³/mol. The summed E-state index contributed by atoms with van der Waals surface area (Å²) >= 11 is 7.98. The van der Waals surface area contributed by atoms with Gasteiger partial charge in [-0.1, -0.05) is 65.8 Å². The summed E-state index contributed by atoms with van der Waals surface area (Å²) in [5.74, 6) is 0. The van der Waals surface area contributed by atoms with E-state index < -0.39 is 0 Å². The molecule has 0 bridgehead atoms. The van der Waals surface area contributed by atoms with Crippen LogP contribution in [0.2, 0.25) is 5.02 Å². The van der Waals surface area contributed by atoms with Crippen LogP contribution in [0.1, 0.15) is 11.1 Å². The highest BCUT2D eigenvalue weighted by molar-refractivity contribution is 7.99. The first-order valence-corrected chi connectivity index (χ1v) is 8.73. The Labute approximate surface area is 146 Å². The van der Waals surface area contributed by atoms with Crippen LogP contribution in [0.25, 0.3) is 0 Å². The second-order valence-electron chi connectivity index (χ2n) is 5.29. The molecule has 0 heterocycles. The summed E-state index contributed by atoms with van der Waals surface area (Å²) in [5, 5.41) is 4.29. The molecule has 0 aliphatic heterocycles. The van der Waals surface area contributed by atoms with Gasteiger partial charge in [-0.2, -0.15) is 0 Å². The number of benzene rings is 3. The molecule has 0 spiro atoms. The third kappa shape index (κ3) is 4.10. The third-order valence-electron chi connectivity index (χ3n) is 3.68. The second kappa shape index (κ2) is 7.58. The molecule has 1 nitrogen and oxygen atoms in total. The monoisotopic (exact) mass is 339 g/mol. The van der Waals surface area contributed by atoms with Gasteiger partial charge in [-0.3, -0.25) is 0 Å². The van der Waals surface area contributed by atoms with Crippen LogP contribution in [0.15, 0.2) is 82.6 Å². The molecule has 0 aromatic heterocycles. The van der Waals surface area contributed by atoms with E-state index in [2.05, 4.69) is 59.9 Å². The van der Waals surface area contributed by atoms with Crippen LogP contribution in [-0.2, 0) is 6.54 Å². The van der Waals surface area contributed by atoms with Gasteiger partial charge in [0.1, 0.15) is 0 Å². The number of anilines is 1. The van der Waals surface area contributed by atoms with E-state index in [1.54, 1.807) is 11.8 Å². The fourth-order valence-corrected chi connectivity index (χ4v) is 3.49. The number of hydrogen-bond donors (Lipinski definition) is 1. The zero-order chi connectivity index (χ0) is 16.1. The molecule has 0 atom stereocenters. The van der Waals surface area contributed by atoms with Gasteiger partial charge in [0.2, 0.25) is 0 Å². The molecule has 0 aliphatic rings. The van der Waals surface area contributed by atoms with Crippen molar-refractivity contribution in [2.45, 2.75) is 23.3 Å². The Hall–Kier alpha value is -1.90. The van der Waals surface area contributed by atoms with Gasteiger partial charge in [0.05, 0.1) is 0 Å². The summed E-state index contributed by atoms with van der Waals surface area (Å²) in [4.78, 5) is 2.52. The maximum Gasteiger partial charge on any atom is 0.0455 e. The van der Waals surface area contributed by atoms with E-state index in [0.717, 1.165) is 22.8 Å². The molecule has 0 saturated heterocycles. The molecule has 0 fully saturated rings. The smallest absolute Gasteiger partial charge is 0.0455 e. The van der Waals surface area contributed by atoms with Gasteiger partial charge in [0.15, 0.2) is 0 Å². The van der Waals surface area contributed by atoms with Crippen molar-refractivity contribution >= 4 is 29.1 Å². The molecule has 0 saturated carbocycles. The van der Waals surface area contributed by atoms with Gasteiger partial charge in [0.25, 0.3) is 0 Å². The quantitative estimate of drug-likeness (QED) is 0.576. The maximum atomic E-state index is 6.19. The minimum absolute atomic E-state index is 0.775. The lowest BCUT2D eigenvalue weighted by molar-refractivity contribution is 1.09. The molecule has 0 unspecified atom stereocenters. The lowest BCUT2D eigenvalue weighted by atomic mass is 10.1. The molecule has 1 N–H and O–H groups in total. The SMILES string of the molecule is Cc1c(Cl)cccc1NCc1ccccc1Sc1ccccc1. The Bertz CT molecular complexity index is 787. The van der Waals surface area contributed by atoms with E-state index in [9.17, 15) is 0 Å². The van der Waals surface area contributed by atoms with E-state index in [1.807, 2.05) is 25.1 Å². The Balaban J connectivity index is 1.77. The predicted octanol–water partition coefficient (Wildman–Crippen LogP) is 6.41.